The highest BCUT2D eigenvalue weighted by atomic mass is 35.5. The van der Waals surface area contributed by atoms with Crippen LogP contribution in [0.2, 0.25) is 10.0 Å². The van der Waals surface area contributed by atoms with Crippen LogP contribution in [0.5, 0.6) is 0 Å². The van der Waals surface area contributed by atoms with E-state index in [0.29, 0.717) is 15.7 Å². The third-order valence-electron chi connectivity index (χ3n) is 1.78. The Morgan fingerprint density at radius 2 is 2.14 bits per heavy atom. The number of aliphatic hydroxyl groups excluding tert-OH is 1. The van der Waals surface area contributed by atoms with E-state index in [-0.39, 0.29) is 0 Å². The summed E-state index contributed by atoms with van der Waals surface area (Å²) >= 11 is 11.6. The molecule has 76 valence electrons. The van der Waals surface area contributed by atoms with Crippen LogP contribution in [0, 0.1) is 0 Å². The molecule has 0 fully saturated rings. The van der Waals surface area contributed by atoms with Gasteiger partial charge in [-0.25, -0.2) is 0 Å². The minimum absolute atomic E-state index is 0.415. The van der Waals surface area contributed by atoms with E-state index in [2.05, 4.69) is 0 Å². The standard InChI is InChI=1S/C9H9Cl2NO2/c1-12(9(14)5-13)8-4-6(10)2-3-7(8)11/h2-4,13H,5H2,1H3. The molecular weight excluding hydrogens is 225 g/mol. The molecule has 3 nitrogen and oxygen atoms in total. The van der Waals surface area contributed by atoms with Gasteiger partial charge in [0, 0.05) is 12.1 Å². The lowest BCUT2D eigenvalue weighted by Crippen LogP contribution is -2.29. The number of halogens is 2. The Balaban J connectivity index is 3.05. The summed E-state index contributed by atoms with van der Waals surface area (Å²) in [5, 5.41) is 9.56. The second-order valence-corrected chi connectivity index (χ2v) is 3.55. The van der Waals surface area contributed by atoms with Gasteiger partial charge in [0.2, 0.25) is 0 Å². The summed E-state index contributed by atoms with van der Waals surface area (Å²) in [5.41, 5.74) is 0.484. The fourth-order valence-electron chi connectivity index (χ4n) is 0.983. The molecule has 1 rings (SSSR count). The summed E-state index contributed by atoms with van der Waals surface area (Å²) in [6, 6.07) is 4.79. The van der Waals surface area contributed by atoms with E-state index < -0.39 is 12.5 Å². The molecule has 1 aromatic carbocycles. The van der Waals surface area contributed by atoms with Crippen molar-refractivity contribution in [1.82, 2.24) is 0 Å². The number of benzene rings is 1. The third kappa shape index (κ3) is 2.38. The second-order valence-electron chi connectivity index (χ2n) is 2.71. The Morgan fingerprint density at radius 1 is 1.50 bits per heavy atom. The minimum atomic E-state index is -0.556. The van der Waals surface area contributed by atoms with E-state index in [0.717, 1.165) is 0 Å². The van der Waals surface area contributed by atoms with Crippen LogP contribution < -0.4 is 4.90 Å². The second kappa shape index (κ2) is 4.64. The maximum atomic E-state index is 11.1. The number of aliphatic hydroxyl groups is 1. The van der Waals surface area contributed by atoms with Gasteiger partial charge in [0.05, 0.1) is 10.7 Å². The summed E-state index contributed by atoms with van der Waals surface area (Å²) in [5.74, 6) is -0.436. The van der Waals surface area contributed by atoms with Gasteiger partial charge >= 0.3 is 0 Å². The Bertz CT molecular complexity index is 355. The largest absolute Gasteiger partial charge is 0.387 e. The number of nitrogens with zero attached hydrogens (tertiary/aromatic N) is 1. The molecule has 0 aliphatic carbocycles. The fraction of sp³-hybridized carbons (Fsp3) is 0.222. The van der Waals surface area contributed by atoms with Crippen molar-refractivity contribution in [3.8, 4) is 0 Å². The van der Waals surface area contributed by atoms with Crippen molar-refractivity contribution in [3.63, 3.8) is 0 Å². The fourth-order valence-corrected chi connectivity index (χ4v) is 1.39. The van der Waals surface area contributed by atoms with Gasteiger partial charge in [-0.3, -0.25) is 4.79 Å². The Hall–Kier alpha value is -0.770. The first kappa shape index (κ1) is 11.3. The zero-order chi connectivity index (χ0) is 10.7. The van der Waals surface area contributed by atoms with Crippen LogP contribution in [-0.4, -0.2) is 24.7 Å². The summed E-state index contributed by atoms with van der Waals surface area (Å²) in [6.45, 7) is -0.556. The SMILES string of the molecule is CN(C(=O)CO)c1cc(Cl)ccc1Cl. The molecule has 0 atom stereocenters. The normalized spacial score (nSPS) is 10.0. The van der Waals surface area contributed by atoms with Gasteiger partial charge in [-0.15, -0.1) is 0 Å². The predicted molar refractivity (Wildman–Crippen MR) is 57.0 cm³/mol. The van der Waals surface area contributed by atoms with Crippen LogP contribution >= 0.6 is 23.2 Å². The monoisotopic (exact) mass is 233 g/mol. The highest BCUT2D eigenvalue weighted by Gasteiger charge is 2.12. The molecule has 1 aromatic rings. The predicted octanol–water partition coefficient (Wildman–Crippen LogP) is 1.95. The zero-order valence-corrected chi connectivity index (χ0v) is 9.01. The molecule has 1 amide bonds. The van der Waals surface area contributed by atoms with Crippen molar-refractivity contribution in [3.05, 3.63) is 28.2 Å². The molecule has 0 aliphatic heterocycles. The van der Waals surface area contributed by atoms with Gasteiger partial charge in [-0.1, -0.05) is 23.2 Å². The highest BCUT2D eigenvalue weighted by molar-refractivity contribution is 6.35. The van der Waals surface area contributed by atoms with Crippen molar-refractivity contribution in [2.24, 2.45) is 0 Å². The molecular formula is C9H9Cl2NO2. The number of amides is 1. The molecule has 0 unspecified atom stereocenters. The van der Waals surface area contributed by atoms with Gasteiger partial charge in [0.1, 0.15) is 6.61 Å². The average molecular weight is 234 g/mol. The Kier molecular flexibility index (Phi) is 3.75. The summed E-state index contributed by atoms with van der Waals surface area (Å²) in [4.78, 5) is 12.4. The van der Waals surface area contributed by atoms with Crippen LogP contribution in [0.25, 0.3) is 0 Å². The van der Waals surface area contributed by atoms with Gasteiger partial charge in [0.25, 0.3) is 5.91 Å². The Morgan fingerprint density at radius 3 is 2.71 bits per heavy atom. The smallest absolute Gasteiger partial charge is 0.252 e. The van der Waals surface area contributed by atoms with Crippen LogP contribution in [0.3, 0.4) is 0 Å². The quantitative estimate of drug-likeness (QED) is 0.849. The zero-order valence-electron chi connectivity index (χ0n) is 7.50. The van der Waals surface area contributed by atoms with Crippen molar-refractivity contribution < 1.29 is 9.90 Å². The molecule has 0 aliphatic rings. The first-order valence-electron chi connectivity index (χ1n) is 3.88. The first-order chi connectivity index (χ1) is 6.56. The Labute approximate surface area is 91.8 Å². The number of carbonyl (C=O) groups excluding carboxylic acids is 1. The summed E-state index contributed by atoms with van der Waals surface area (Å²) in [7, 11) is 1.52. The van der Waals surface area contributed by atoms with E-state index in [1.165, 1.54) is 11.9 Å². The summed E-state index contributed by atoms with van der Waals surface area (Å²) in [6.07, 6.45) is 0. The van der Waals surface area contributed by atoms with Crippen LogP contribution in [0.4, 0.5) is 5.69 Å². The molecule has 0 bridgehead atoms. The van der Waals surface area contributed by atoms with Gasteiger partial charge in [-0.2, -0.15) is 0 Å². The van der Waals surface area contributed by atoms with Crippen LogP contribution in [0.1, 0.15) is 0 Å². The molecule has 1 N–H and O–H groups in total. The lowest BCUT2D eigenvalue weighted by atomic mass is 10.3. The van der Waals surface area contributed by atoms with Crippen molar-refractivity contribution in [2.45, 2.75) is 0 Å². The molecule has 0 radical (unpaired) electrons. The van der Waals surface area contributed by atoms with Gasteiger partial charge in [-0.05, 0) is 18.2 Å². The number of rotatable bonds is 2. The number of hydrogen-bond acceptors (Lipinski definition) is 2. The number of hydrogen-bond donors (Lipinski definition) is 1. The lowest BCUT2D eigenvalue weighted by Gasteiger charge is -2.17. The van der Waals surface area contributed by atoms with E-state index in [9.17, 15) is 4.79 Å². The van der Waals surface area contributed by atoms with E-state index >= 15 is 0 Å². The molecule has 5 heteroatoms. The van der Waals surface area contributed by atoms with E-state index in [4.69, 9.17) is 28.3 Å². The van der Waals surface area contributed by atoms with Gasteiger partial charge < -0.3 is 10.0 Å². The third-order valence-corrected chi connectivity index (χ3v) is 2.33. The van der Waals surface area contributed by atoms with Crippen molar-refractivity contribution in [2.75, 3.05) is 18.6 Å². The first-order valence-corrected chi connectivity index (χ1v) is 4.64. The highest BCUT2D eigenvalue weighted by Crippen LogP contribution is 2.28. The maximum Gasteiger partial charge on any atom is 0.252 e. The van der Waals surface area contributed by atoms with Crippen molar-refractivity contribution in [1.29, 1.82) is 0 Å². The molecule has 0 aromatic heterocycles. The van der Waals surface area contributed by atoms with Crippen LogP contribution in [0.15, 0.2) is 18.2 Å². The molecule has 14 heavy (non-hydrogen) atoms. The van der Waals surface area contributed by atoms with Crippen molar-refractivity contribution >= 4 is 34.8 Å². The molecule has 0 saturated heterocycles. The number of likely N-dealkylation sites (N-methyl/N-ethyl adjacent to an activating group) is 1. The number of anilines is 1. The van der Waals surface area contributed by atoms with E-state index in [1.54, 1.807) is 18.2 Å². The molecule has 0 heterocycles. The minimum Gasteiger partial charge on any atom is -0.387 e. The van der Waals surface area contributed by atoms with Gasteiger partial charge in [0.15, 0.2) is 0 Å². The average Bonchev–Trinajstić information content (AvgIpc) is 2.19. The molecule has 0 saturated carbocycles. The topological polar surface area (TPSA) is 40.5 Å². The van der Waals surface area contributed by atoms with E-state index in [1.807, 2.05) is 0 Å². The maximum absolute atomic E-state index is 11.1. The van der Waals surface area contributed by atoms with Crippen LogP contribution in [-0.2, 0) is 4.79 Å². The number of carbonyl (C=O) groups is 1. The molecule has 0 spiro atoms. The summed E-state index contributed by atoms with van der Waals surface area (Å²) < 4.78 is 0. The lowest BCUT2D eigenvalue weighted by molar-refractivity contribution is -0.120.